The third-order valence-electron chi connectivity index (χ3n) is 3.63. The van der Waals surface area contributed by atoms with Crippen LogP contribution in [-0.4, -0.2) is 24.5 Å². The molecule has 0 aromatic heterocycles. The highest BCUT2D eigenvalue weighted by molar-refractivity contribution is 6.39. The topological polar surface area (TPSA) is 75.7 Å². The fourth-order valence-corrected chi connectivity index (χ4v) is 2.42. The van der Waals surface area contributed by atoms with Gasteiger partial charge < -0.3 is 4.74 Å². The molecule has 0 radical (unpaired) electrons. The number of carbonyl (C=O) groups is 3. The van der Waals surface area contributed by atoms with Crippen molar-refractivity contribution in [3.8, 4) is 18.1 Å². The number of nitrogens with zero attached hydrogens (tertiary/aromatic N) is 1. The second-order valence-corrected chi connectivity index (χ2v) is 5.36. The summed E-state index contributed by atoms with van der Waals surface area (Å²) >= 11 is 0. The first-order valence-corrected chi connectivity index (χ1v) is 7.73. The van der Waals surface area contributed by atoms with E-state index in [0.29, 0.717) is 17.0 Å². The molecular formula is C20H14N2O4. The van der Waals surface area contributed by atoms with Crippen molar-refractivity contribution in [1.29, 1.82) is 0 Å². The Morgan fingerprint density at radius 2 is 1.73 bits per heavy atom. The lowest BCUT2D eigenvalue weighted by Crippen LogP contribution is -2.54. The third kappa shape index (κ3) is 3.47. The molecule has 1 aliphatic rings. The molecule has 0 atom stereocenters. The molecule has 0 saturated carbocycles. The van der Waals surface area contributed by atoms with Gasteiger partial charge in [0.15, 0.2) is 0 Å². The highest BCUT2D eigenvalue weighted by Gasteiger charge is 2.36. The zero-order chi connectivity index (χ0) is 18.5. The average molecular weight is 346 g/mol. The Morgan fingerprint density at radius 3 is 2.38 bits per heavy atom. The molecule has 2 aromatic rings. The van der Waals surface area contributed by atoms with Crippen molar-refractivity contribution in [2.24, 2.45) is 0 Å². The summed E-state index contributed by atoms with van der Waals surface area (Å²) < 4.78 is 5.28. The third-order valence-corrected chi connectivity index (χ3v) is 3.63. The Kier molecular flexibility index (Phi) is 4.81. The molecule has 1 N–H and O–H groups in total. The summed E-state index contributed by atoms with van der Waals surface area (Å²) in [5.74, 6) is 1.52. The number of amides is 4. The second-order valence-electron chi connectivity index (χ2n) is 5.36. The number of barbiturate groups is 1. The Hall–Kier alpha value is -3.85. The Bertz CT molecular complexity index is 925. The minimum Gasteiger partial charge on any atom is -0.481 e. The van der Waals surface area contributed by atoms with E-state index in [1.807, 2.05) is 0 Å². The van der Waals surface area contributed by atoms with Crippen molar-refractivity contribution in [2.75, 3.05) is 11.5 Å². The molecule has 128 valence electrons. The highest BCUT2D eigenvalue weighted by Crippen LogP contribution is 2.22. The average Bonchev–Trinajstić information content (AvgIpc) is 2.65. The van der Waals surface area contributed by atoms with Crippen LogP contribution in [0, 0.1) is 12.3 Å². The number of ether oxygens (including phenoxy) is 1. The minimum absolute atomic E-state index is 0.134. The van der Waals surface area contributed by atoms with Crippen LogP contribution in [0.25, 0.3) is 6.08 Å². The Morgan fingerprint density at radius 1 is 1.04 bits per heavy atom. The maximum Gasteiger partial charge on any atom is 0.335 e. The summed E-state index contributed by atoms with van der Waals surface area (Å²) in [6.07, 6.45) is 6.56. The molecule has 1 aliphatic heterocycles. The van der Waals surface area contributed by atoms with Gasteiger partial charge in [0.05, 0.1) is 5.69 Å². The first-order valence-electron chi connectivity index (χ1n) is 7.73. The van der Waals surface area contributed by atoms with Crippen LogP contribution in [0.15, 0.2) is 60.2 Å². The van der Waals surface area contributed by atoms with E-state index in [9.17, 15) is 14.4 Å². The maximum atomic E-state index is 12.7. The highest BCUT2D eigenvalue weighted by atomic mass is 16.5. The molecule has 1 saturated heterocycles. The second kappa shape index (κ2) is 7.36. The van der Waals surface area contributed by atoms with E-state index in [1.165, 1.54) is 6.08 Å². The SMILES string of the molecule is C#CCOc1ccc(/C=C2\C(=O)NC(=O)N(c3ccccc3)C2=O)cc1. The van der Waals surface area contributed by atoms with Gasteiger partial charge in [-0.3, -0.25) is 14.9 Å². The van der Waals surface area contributed by atoms with Crippen LogP contribution in [0.2, 0.25) is 0 Å². The van der Waals surface area contributed by atoms with Crippen LogP contribution < -0.4 is 15.0 Å². The summed E-state index contributed by atoms with van der Waals surface area (Å²) in [6.45, 7) is 0.148. The number of imide groups is 2. The number of hydrogen-bond donors (Lipinski definition) is 1. The van der Waals surface area contributed by atoms with Gasteiger partial charge in [0.25, 0.3) is 11.8 Å². The van der Waals surface area contributed by atoms with Gasteiger partial charge in [0.1, 0.15) is 17.9 Å². The van der Waals surface area contributed by atoms with Gasteiger partial charge in [-0.25, -0.2) is 9.69 Å². The van der Waals surface area contributed by atoms with Gasteiger partial charge in [0, 0.05) is 0 Å². The van der Waals surface area contributed by atoms with E-state index >= 15 is 0 Å². The largest absolute Gasteiger partial charge is 0.481 e. The standard InChI is InChI=1S/C20H14N2O4/c1-2-12-26-16-10-8-14(9-11-16)13-17-18(23)21-20(25)22(19(17)24)15-6-4-3-5-7-15/h1,3-11,13H,12H2,(H,21,23,25)/b17-13+. The zero-order valence-corrected chi connectivity index (χ0v) is 13.6. The molecule has 26 heavy (non-hydrogen) atoms. The lowest BCUT2D eigenvalue weighted by molar-refractivity contribution is -0.122. The van der Waals surface area contributed by atoms with Crippen LogP contribution >= 0.6 is 0 Å². The summed E-state index contributed by atoms with van der Waals surface area (Å²) in [6, 6.07) is 14.3. The van der Waals surface area contributed by atoms with Crippen molar-refractivity contribution in [1.82, 2.24) is 5.32 Å². The number of benzene rings is 2. The van der Waals surface area contributed by atoms with Gasteiger partial charge in [-0.05, 0) is 35.9 Å². The summed E-state index contributed by atoms with van der Waals surface area (Å²) in [4.78, 5) is 37.8. The minimum atomic E-state index is -0.776. The maximum absolute atomic E-state index is 12.7. The van der Waals surface area contributed by atoms with E-state index in [4.69, 9.17) is 11.2 Å². The van der Waals surface area contributed by atoms with Crippen molar-refractivity contribution >= 4 is 29.6 Å². The first-order chi connectivity index (χ1) is 12.6. The van der Waals surface area contributed by atoms with E-state index < -0.39 is 17.8 Å². The van der Waals surface area contributed by atoms with Crippen molar-refractivity contribution in [2.45, 2.75) is 0 Å². The van der Waals surface area contributed by atoms with E-state index in [0.717, 1.165) is 4.90 Å². The van der Waals surface area contributed by atoms with E-state index in [1.54, 1.807) is 54.6 Å². The lowest BCUT2D eigenvalue weighted by Gasteiger charge is -2.26. The molecule has 1 heterocycles. The fourth-order valence-electron chi connectivity index (χ4n) is 2.42. The van der Waals surface area contributed by atoms with Crippen LogP contribution in [0.3, 0.4) is 0 Å². The molecule has 0 spiro atoms. The van der Waals surface area contributed by atoms with Gasteiger partial charge in [-0.1, -0.05) is 36.3 Å². The van der Waals surface area contributed by atoms with Crippen molar-refractivity contribution in [3.05, 3.63) is 65.7 Å². The van der Waals surface area contributed by atoms with Crippen LogP contribution in [0.1, 0.15) is 5.56 Å². The lowest BCUT2D eigenvalue weighted by atomic mass is 10.1. The number of hydrogen-bond acceptors (Lipinski definition) is 4. The smallest absolute Gasteiger partial charge is 0.335 e. The number of terminal acetylenes is 1. The Labute approximate surface area is 150 Å². The summed E-state index contributed by atoms with van der Waals surface area (Å²) in [5, 5.41) is 2.18. The molecule has 2 aromatic carbocycles. The van der Waals surface area contributed by atoms with Crippen LogP contribution in [-0.2, 0) is 9.59 Å². The monoisotopic (exact) mass is 346 g/mol. The number of para-hydroxylation sites is 1. The van der Waals surface area contributed by atoms with Gasteiger partial charge in [-0.2, -0.15) is 0 Å². The molecule has 0 bridgehead atoms. The van der Waals surface area contributed by atoms with Gasteiger partial charge in [-0.15, -0.1) is 6.42 Å². The molecule has 3 rings (SSSR count). The van der Waals surface area contributed by atoms with Gasteiger partial charge in [0.2, 0.25) is 0 Å². The van der Waals surface area contributed by atoms with Crippen LogP contribution in [0.5, 0.6) is 5.75 Å². The quantitative estimate of drug-likeness (QED) is 0.524. The predicted octanol–water partition coefficient (Wildman–Crippen LogP) is 2.37. The predicted molar refractivity (Wildman–Crippen MR) is 96.2 cm³/mol. The summed E-state index contributed by atoms with van der Waals surface area (Å²) in [5.41, 5.74) is 0.857. The zero-order valence-electron chi connectivity index (χ0n) is 13.6. The number of urea groups is 1. The normalized spacial score (nSPS) is 15.6. The molecule has 0 unspecified atom stereocenters. The molecule has 6 heteroatoms. The van der Waals surface area contributed by atoms with E-state index in [2.05, 4.69) is 11.2 Å². The molecule has 6 nitrogen and oxygen atoms in total. The molecule has 1 fully saturated rings. The van der Waals surface area contributed by atoms with Crippen LogP contribution in [0.4, 0.5) is 10.5 Å². The molecule has 0 aliphatic carbocycles. The summed E-state index contributed by atoms with van der Waals surface area (Å²) in [7, 11) is 0. The number of anilines is 1. The number of nitrogens with one attached hydrogen (secondary N) is 1. The fraction of sp³-hybridized carbons (Fsp3) is 0.0500. The van der Waals surface area contributed by atoms with Crippen molar-refractivity contribution in [3.63, 3.8) is 0 Å². The molecule has 4 amide bonds. The molecular weight excluding hydrogens is 332 g/mol. The number of carbonyl (C=O) groups excluding carboxylic acids is 3. The number of rotatable bonds is 4. The Balaban J connectivity index is 1.89. The van der Waals surface area contributed by atoms with Gasteiger partial charge >= 0.3 is 6.03 Å². The van der Waals surface area contributed by atoms with E-state index in [-0.39, 0.29) is 12.2 Å². The first kappa shape index (κ1) is 17.0. The van der Waals surface area contributed by atoms with Crippen molar-refractivity contribution < 1.29 is 19.1 Å².